The first-order valence-electron chi connectivity index (χ1n) is 5.34. The molecular weight excluding hydrogens is 200 g/mol. The van der Waals surface area contributed by atoms with Gasteiger partial charge in [-0.05, 0) is 25.8 Å². The molecule has 2 amide bonds. The Morgan fingerprint density at radius 3 is 2.50 bits per heavy atom. The van der Waals surface area contributed by atoms with Crippen LogP contribution in [0.1, 0.15) is 18.1 Å². The van der Waals surface area contributed by atoms with Crippen LogP contribution in [0.2, 0.25) is 0 Å². The van der Waals surface area contributed by atoms with Crippen LogP contribution in [0.25, 0.3) is 0 Å². The van der Waals surface area contributed by atoms with Gasteiger partial charge in [-0.3, -0.25) is 0 Å². The second-order valence-corrected chi connectivity index (χ2v) is 3.90. The number of carbonyl (C=O) groups excluding carboxylic acids is 1. The van der Waals surface area contributed by atoms with E-state index in [9.17, 15) is 4.79 Å². The normalized spacial score (nSPS) is 9.62. The Labute approximate surface area is 96.6 Å². The summed E-state index contributed by atoms with van der Waals surface area (Å²) in [4.78, 5) is 11.2. The van der Waals surface area contributed by atoms with E-state index >= 15 is 0 Å². The first kappa shape index (κ1) is 12.3. The SMILES string of the molecule is C=C(C)NC(=O)NCCc1ccc(C)cc1. The highest BCUT2D eigenvalue weighted by Crippen LogP contribution is 2.02. The summed E-state index contributed by atoms with van der Waals surface area (Å²) in [5, 5.41) is 5.36. The number of hydrogen-bond acceptors (Lipinski definition) is 1. The molecule has 0 fully saturated rings. The van der Waals surface area contributed by atoms with Crippen LogP contribution < -0.4 is 10.6 Å². The van der Waals surface area contributed by atoms with Crippen molar-refractivity contribution in [3.05, 3.63) is 47.7 Å². The van der Waals surface area contributed by atoms with Crippen molar-refractivity contribution < 1.29 is 4.79 Å². The minimum Gasteiger partial charge on any atom is -0.338 e. The average molecular weight is 218 g/mol. The lowest BCUT2D eigenvalue weighted by molar-refractivity contribution is 0.243. The first-order chi connectivity index (χ1) is 7.58. The van der Waals surface area contributed by atoms with Crippen LogP contribution in [0.5, 0.6) is 0 Å². The highest BCUT2D eigenvalue weighted by atomic mass is 16.2. The van der Waals surface area contributed by atoms with Gasteiger partial charge in [0.1, 0.15) is 0 Å². The van der Waals surface area contributed by atoms with Crippen molar-refractivity contribution in [3.63, 3.8) is 0 Å². The van der Waals surface area contributed by atoms with Crippen LogP contribution in [-0.4, -0.2) is 12.6 Å². The van der Waals surface area contributed by atoms with E-state index in [1.165, 1.54) is 11.1 Å². The average Bonchev–Trinajstić information content (AvgIpc) is 2.20. The number of carbonyl (C=O) groups is 1. The summed E-state index contributed by atoms with van der Waals surface area (Å²) in [6, 6.07) is 8.10. The lowest BCUT2D eigenvalue weighted by atomic mass is 10.1. The number of rotatable bonds is 4. The molecule has 0 aliphatic heterocycles. The van der Waals surface area contributed by atoms with E-state index in [0.717, 1.165) is 6.42 Å². The van der Waals surface area contributed by atoms with E-state index in [-0.39, 0.29) is 6.03 Å². The lowest BCUT2D eigenvalue weighted by Crippen LogP contribution is -2.35. The Bertz CT molecular complexity index is 368. The topological polar surface area (TPSA) is 41.1 Å². The van der Waals surface area contributed by atoms with Gasteiger partial charge in [-0.15, -0.1) is 0 Å². The molecule has 0 heterocycles. The van der Waals surface area contributed by atoms with E-state index in [4.69, 9.17) is 0 Å². The molecule has 0 unspecified atom stereocenters. The summed E-state index contributed by atoms with van der Waals surface area (Å²) in [5.74, 6) is 0. The molecule has 3 heteroatoms. The molecule has 1 aromatic rings. The van der Waals surface area contributed by atoms with Crippen LogP contribution in [0.3, 0.4) is 0 Å². The molecule has 0 aliphatic rings. The Kier molecular flexibility index (Phi) is 4.58. The van der Waals surface area contributed by atoms with Crippen molar-refractivity contribution in [2.45, 2.75) is 20.3 Å². The van der Waals surface area contributed by atoms with Gasteiger partial charge in [0.2, 0.25) is 0 Å². The third-order valence-corrected chi connectivity index (χ3v) is 2.15. The molecule has 16 heavy (non-hydrogen) atoms. The van der Waals surface area contributed by atoms with Crippen LogP contribution in [0.15, 0.2) is 36.5 Å². The Balaban J connectivity index is 2.28. The van der Waals surface area contributed by atoms with Gasteiger partial charge in [-0.2, -0.15) is 0 Å². The summed E-state index contributed by atoms with van der Waals surface area (Å²) in [7, 11) is 0. The zero-order chi connectivity index (χ0) is 12.0. The Hall–Kier alpha value is -1.77. The first-order valence-corrected chi connectivity index (χ1v) is 5.34. The summed E-state index contributed by atoms with van der Waals surface area (Å²) < 4.78 is 0. The van der Waals surface area contributed by atoms with Gasteiger partial charge >= 0.3 is 6.03 Å². The number of hydrogen-bond donors (Lipinski definition) is 2. The van der Waals surface area contributed by atoms with Gasteiger partial charge in [-0.25, -0.2) is 4.79 Å². The molecule has 3 nitrogen and oxygen atoms in total. The summed E-state index contributed by atoms with van der Waals surface area (Å²) in [5.41, 5.74) is 3.12. The molecule has 1 aromatic carbocycles. The molecular formula is C13H18N2O. The number of aryl methyl sites for hydroxylation is 1. The molecule has 2 N–H and O–H groups in total. The third-order valence-electron chi connectivity index (χ3n) is 2.15. The van der Waals surface area contributed by atoms with E-state index in [2.05, 4.69) is 48.4 Å². The van der Waals surface area contributed by atoms with Crippen molar-refractivity contribution in [1.82, 2.24) is 10.6 Å². The van der Waals surface area contributed by atoms with Crippen molar-refractivity contribution in [2.24, 2.45) is 0 Å². The second kappa shape index (κ2) is 5.95. The van der Waals surface area contributed by atoms with Crippen LogP contribution in [0.4, 0.5) is 4.79 Å². The highest BCUT2D eigenvalue weighted by molar-refractivity contribution is 5.75. The summed E-state index contributed by atoms with van der Waals surface area (Å²) >= 11 is 0. The molecule has 0 saturated carbocycles. The van der Waals surface area contributed by atoms with Gasteiger partial charge in [0.15, 0.2) is 0 Å². The number of urea groups is 1. The predicted octanol–water partition coefficient (Wildman–Crippen LogP) is 2.37. The zero-order valence-corrected chi connectivity index (χ0v) is 9.84. The van der Waals surface area contributed by atoms with E-state index in [1.807, 2.05) is 0 Å². The molecule has 0 aliphatic carbocycles. The second-order valence-electron chi connectivity index (χ2n) is 3.90. The van der Waals surface area contributed by atoms with Gasteiger partial charge in [0.05, 0.1) is 0 Å². The van der Waals surface area contributed by atoms with Crippen molar-refractivity contribution in [3.8, 4) is 0 Å². The number of amides is 2. The fraction of sp³-hybridized carbons (Fsp3) is 0.308. The van der Waals surface area contributed by atoms with Gasteiger partial charge in [0.25, 0.3) is 0 Å². The summed E-state index contributed by atoms with van der Waals surface area (Å²) in [6.45, 7) is 8.03. The smallest absolute Gasteiger partial charge is 0.318 e. The number of benzene rings is 1. The van der Waals surface area contributed by atoms with Crippen molar-refractivity contribution >= 4 is 6.03 Å². The molecule has 0 spiro atoms. The number of nitrogens with one attached hydrogen (secondary N) is 2. The standard InChI is InChI=1S/C13H18N2O/c1-10(2)15-13(16)14-9-8-12-6-4-11(3)5-7-12/h4-7H,1,8-9H2,2-3H3,(H2,14,15,16). The van der Waals surface area contributed by atoms with Gasteiger partial charge < -0.3 is 10.6 Å². The minimum atomic E-state index is -0.195. The molecule has 0 saturated heterocycles. The maximum atomic E-state index is 11.2. The highest BCUT2D eigenvalue weighted by Gasteiger charge is 1.98. The maximum absolute atomic E-state index is 11.2. The van der Waals surface area contributed by atoms with Crippen LogP contribution in [0, 0.1) is 6.92 Å². The molecule has 0 aromatic heterocycles. The van der Waals surface area contributed by atoms with Gasteiger partial charge in [0, 0.05) is 12.2 Å². The molecule has 0 radical (unpaired) electrons. The predicted molar refractivity (Wildman–Crippen MR) is 66.2 cm³/mol. The Morgan fingerprint density at radius 2 is 1.94 bits per heavy atom. The van der Waals surface area contributed by atoms with E-state index in [0.29, 0.717) is 12.2 Å². The number of allylic oxidation sites excluding steroid dienone is 1. The Morgan fingerprint density at radius 1 is 1.31 bits per heavy atom. The fourth-order valence-corrected chi connectivity index (χ4v) is 1.31. The van der Waals surface area contributed by atoms with Crippen molar-refractivity contribution in [2.75, 3.05) is 6.54 Å². The van der Waals surface area contributed by atoms with Crippen LogP contribution >= 0.6 is 0 Å². The van der Waals surface area contributed by atoms with E-state index in [1.54, 1.807) is 6.92 Å². The summed E-state index contributed by atoms with van der Waals surface area (Å²) in [6.07, 6.45) is 0.837. The van der Waals surface area contributed by atoms with E-state index < -0.39 is 0 Å². The molecule has 1 rings (SSSR count). The van der Waals surface area contributed by atoms with Crippen molar-refractivity contribution in [1.29, 1.82) is 0 Å². The zero-order valence-electron chi connectivity index (χ0n) is 9.84. The fourth-order valence-electron chi connectivity index (χ4n) is 1.31. The monoisotopic (exact) mass is 218 g/mol. The van der Waals surface area contributed by atoms with Gasteiger partial charge in [-0.1, -0.05) is 36.4 Å². The minimum absolute atomic E-state index is 0.195. The maximum Gasteiger partial charge on any atom is 0.318 e. The molecule has 86 valence electrons. The quantitative estimate of drug-likeness (QED) is 0.800. The molecule has 0 bridgehead atoms. The third kappa shape index (κ3) is 4.64. The van der Waals surface area contributed by atoms with Crippen LogP contribution in [-0.2, 0) is 6.42 Å². The largest absolute Gasteiger partial charge is 0.338 e. The lowest BCUT2D eigenvalue weighted by Gasteiger charge is -2.06. The molecule has 0 atom stereocenters.